The number of hydrogen-bond donors (Lipinski definition) is 1. The van der Waals surface area contributed by atoms with Gasteiger partial charge < -0.3 is 5.11 Å². The van der Waals surface area contributed by atoms with Gasteiger partial charge in [-0.1, -0.05) is 97.9 Å². The lowest BCUT2D eigenvalue weighted by atomic mass is 9.84. The van der Waals surface area contributed by atoms with Gasteiger partial charge in [0.1, 0.15) is 0 Å². The largest absolute Gasteiger partial charge is 0.481 e. The number of carbonyl (C=O) groups is 1. The summed E-state index contributed by atoms with van der Waals surface area (Å²) >= 11 is 1.81. The Morgan fingerprint density at radius 1 is 0.815 bits per heavy atom. The van der Waals surface area contributed by atoms with Gasteiger partial charge in [-0.15, -0.1) is 11.8 Å². The van der Waals surface area contributed by atoms with Gasteiger partial charge in [0.15, 0.2) is 0 Å². The third-order valence-electron chi connectivity index (χ3n) is 4.83. The molecular formula is C24H24O2S. The SMILES string of the molecule is CC(CCSC(c1ccccc1)(c1ccccc1)c1ccccc1)C(=O)O. The molecule has 0 aliphatic heterocycles. The van der Waals surface area contributed by atoms with Gasteiger partial charge in [0.25, 0.3) is 0 Å². The van der Waals surface area contributed by atoms with Crippen LogP contribution in [0.3, 0.4) is 0 Å². The van der Waals surface area contributed by atoms with Crippen LogP contribution in [0.25, 0.3) is 0 Å². The molecule has 2 nitrogen and oxygen atoms in total. The van der Waals surface area contributed by atoms with Crippen molar-refractivity contribution in [2.75, 3.05) is 5.75 Å². The van der Waals surface area contributed by atoms with Crippen LogP contribution < -0.4 is 0 Å². The maximum absolute atomic E-state index is 11.3. The van der Waals surface area contributed by atoms with Gasteiger partial charge in [-0.05, 0) is 28.9 Å². The molecule has 1 unspecified atom stereocenters. The Balaban J connectivity index is 2.10. The van der Waals surface area contributed by atoms with E-state index in [1.54, 1.807) is 6.92 Å². The average molecular weight is 377 g/mol. The molecular weight excluding hydrogens is 352 g/mol. The van der Waals surface area contributed by atoms with Crippen LogP contribution in [-0.2, 0) is 9.54 Å². The summed E-state index contributed by atoms with van der Waals surface area (Å²) in [6, 6.07) is 31.4. The van der Waals surface area contributed by atoms with Crippen molar-refractivity contribution < 1.29 is 9.90 Å². The molecule has 1 N–H and O–H groups in total. The Morgan fingerprint density at radius 3 is 1.52 bits per heavy atom. The highest BCUT2D eigenvalue weighted by molar-refractivity contribution is 8.00. The maximum Gasteiger partial charge on any atom is 0.306 e. The minimum Gasteiger partial charge on any atom is -0.481 e. The third-order valence-corrected chi connectivity index (χ3v) is 6.41. The van der Waals surface area contributed by atoms with Gasteiger partial charge in [0.05, 0.1) is 10.7 Å². The topological polar surface area (TPSA) is 37.3 Å². The molecule has 0 amide bonds. The summed E-state index contributed by atoms with van der Waals surface area (Å²) in [5.74, 6) is -0.329. The van der Waals surface area contributed by atoms with Crippen molar-refractivity contribution in [3.05, 3.63) is 108 Å². The van der Waals surface area contributed by atoms with Crippen molar-refractivity contribution in [2.24, 2.45) is 5.92 Å². The van der Waals surface area contributed by atoms with Crippen LogP contribution in [0.2, 0.25) is 0 Å². The quantitative estimate of drug-likeness (QED) is 0.503. The van der Waals surface area contributed by atoms with Crippen LogP contribution in [0, 0.1) is 5.92 Å². The van der Waals surface area contributed by atoms with Crippen molar-refractivity contribution >= 4 is 17.7 Å². The lowest BCUT2D eigenvalue weighted by molar-refractivity contribution is -0.141. The number of hydrogen-bond acceptors (Lipinski definition) is 2. The number of carboxylic acids is 1. The van der Waals surface area contributed by atoms with Crippen LogP contribution in [0.4, 0.5) is 0 Å². The zero-order chi connectivity index (χ0) is 19.1. The summed E-state index contributed by atoms with van der Waals surface area (Å²) in [6.45, 7) is 1.78. The minimum absolute atomic E-state index is 0.350. The fraction of sp³-hybridized carbons (Fsp3) is 0.208. The van der Waals surface area contributed by atoms with Crippen LogP contribution in [0.5, 0.6) is 0 Å². The Hall–Kier alpha value is -2.52. The van der Waals surface area contributed by atoms with E-state index in [-0.39, 0.29) is 10.7 Å². The van der Waals surface area contributed by atoms with Crippen molar-refractivity contribution in [3.8, 4) is 0 Å². The first kappa shape index (κ1) is 19.2. The van der Waals surface area contributed by atoms with Gasteiger partial charge in [0.2, 0.25) is 0 Å². The highest BCUT2D eigenvalue weighted by Crippen LogP contribution is 2.48. The number of aliphatic carboxylic acids is 1. The third kappa shape index (κ3) is 4.25. The van der Waals surface area contributed by atoms with Gasteiger partial charge >= 0.3 is 5.97 Å². The molecule has 0 aromatic heterocycles. The summed E-state index contributed by atoms with van der Waals surface area (Å²) in [6.07, 6.45) is 0.633. The summed E-state index contributed by atoms with van der Waals surface area (Å²) in [5, 5.41) is 9.25. The second-order valence-corrected chi connectivity index (χ2v) is 7.96. The first-order valence-electron chi connectivity index (χ1n) is 9.18. The minimum atomic E-state index is -0.736. The lowest BCUT2D eigenvalue weighted by Crippen LogP contribution is -2.26. The second kappa shape index (κ2) is 8.92. The molecule has 0 radical (unpaired) electrons. The number of rotatable bonds is 8. The molecule has 27 heavy (non-hydrogen) atoms. The summed E-state index contributed by atoms with van der Waals surface area (Å²) < 4.78 is -0.373. The molecule has 3 rings (SSSR count). The first-order chi connectivity index (χ1) is 13.1. The molecule has 0 saturated carbocycles. The number of benzene rings is 3. The highest BCUT2D eigenvalue weighted by atomic mass is 32.2. The fourth-order valence-corrected chi connectivity index (χ4v) is 4.97. The monoisotopic (exact) mass is 376 g/mol. The van der Waals surface area contributed by atoms with Crippen molar-refractivity contribution in [2.45, 2.75) is 18.1 Å². The molecule has 0 fully saturated rings. The lowest BCUT2D eigenvalue weighted by Gasteiger charge is -2.35. The molecule has 3 aromatic carbocycles. The molecule has 0 spiro atoms. The van der Waals surface area contributed by atoms with E-state index in [0.29, 0.717) is 6.42 Å². The molecule has 138 valence electrons. The van der Waals surface area contributed by atoms with E-state index in [1.807, 2.05) is 30.0 Å². The molecule has 1 atom stereocenters. The van der Waals surface area contributed by atoms with E-state index in [0.717, 1.165) is 5.75 Å². The molecule has 0 bridgehead atoms. The smallest absolute Gasteiger partial charge is 0.306 e. The van der Waals surface area contributed by atoms with Gasteiger partial charge in [-0.25, -0.2) is 0 Å². The maximum atomic E-state index is 11.3. The average Bonchev–Trinajstić information content (AvgIpc) is 2.73. The first-order valence-corrected chi connectivity index (χ1v) is 10.2. The normalized spacial score (nSPS) is 12.5. The predicted molar refractivity (Wildman–Crippen MR) is 113 cm³/mol. The second-order valence-electron chi connectivity index (χ2n) is 6.66. The van der Waals surface area contributed by atoms with Gasteiger partial charge in [0, 0.05) is 0 Å². The highest BCUT2D eigenvalue weighted by Gasteiger charge is 2.36. The van der Waals surface area contributed by atoms with E-state index in [9.17, 15) is 9.90 Å². The van der Waals surface area contributed by atoms with E-state index in [4.69, 9.17) is 0 Å². The van der Waals surface area contributed by atoms with Crippen molar-refractivity contribution in [1.82, 2.24) is 0 Å². The van der Waals surface area contributed by atoms with E-state index in [2.05, 4.69) is 72.8 Å². The van der Waals surface area contributed by atoms with Crippen LogP contribution in [-0.4, -0.2) is 16.8 Å². The van der Waals surface area contributed by atoms with Gasteiger partial charge in [-0.3, -0.25) is 4.79 Å². The number of thioether (sulfide) groups is 1. The van der Waals surface area contributed by atoms with Gasteiger partial charge in [-0.2, -0.15) is 0 Å². The summed E-state index contributed by atoms with van der Waals surface area (Å²) in [4.78, 5) is 11.3. The van der Waals surface area contributed by atoms with E-state index < -0.39 is 5.97 Å². The Bertz CT molecular complexity index is 751. The molecule has 3 aromatic rings. The van der Waals surface area contributed by atoms with Crippen molar-refractivity contribution in [1.29, 1.82) is 0 Å². The van der Waals surface area contributed by atoms with E-state index >= 15 is 0 Å². The standard InChI is InChI=1S/C24H24O2S/c1-19(23(25)26)17-18-27-24(20-11-5-2-6-12-20,21-13-7-3-8-14-21)22-15-9-4-10-16-22/h2-16,19H,17-18H2,1H3,(H,25,26). The molecule has 0 aliphatic rings. The molecule has 0 saturated heterocycles. The predicted octanol–water partition coefficient (Wildman–Crippen LogP) is 5.82. The molecule has 3 heteroatoms. The molecule has 0 aliphatic carbocycles. The van der Waals surface area contributed by atoms with Crippen LogP contribution >= 0.6 is 11.8 Å². The fourth-order valence-electron chi connectivity index (χ4n) is 3.28. The molecule has 0 heterocycles. The summed E-state index contributed by atoms with van der Waals surface area (Å²) in [7, 11) is 0. The number of carboxylic acid groups (broad SMARTS) is 1. The van der Waals surface area contributed by atoms with Crippen LogP contribution in [0.1, 0.15) is 30.0 Å². The van der Waals surface area contributed by atoms with E-state index in [1.165, 1.54) is 16.7 Å². The Morgan fingerprint density at radius 2 is 1.19 bits per heavy atom. The Kier molecular flexibility index (Phi) is 6.36. The summed E-state index contributed by atoms with van der Waals surface area (Å²) in [5.41, 5.74) is 3.61. The zero-order valence-electron chi connectivity index (χ0n) is 15.4. The Labute approximate surface area is 165 Å². The zero-order valence-corrected chi connectivity index (χ0v) is 16.2. The van der Waals surface area contributed by atoms with Crippen molar-refractivity contribution in [3.63, 3.8) is 0 Å². The van der Waals surface area contributed by atoms with Crippen LogP contribution in [0.15, 0.2) is 91.0 Å².